The lowest BCUT2D eigenvalue weighted by molar-refractivity contribution is -0.0470. The molecule has 0 saturated carbocycles. The van der Waals surface area contributed by atoms with Crippen LogP contribution in [0.3, 0.4) is 0 Å². The molecule has 0 aromatic heterocycles. The number of halogens is 2. The van der Waals surface area contributed by atoms with Gasteiger partial charge in [0.15, 0.2) is 0 Å². The van der Waals surface area contributed by atoms with E-state index < -0.39 is 0 Å². The largest absolute Gasteiger partial charge is 0.377 e. The van der Waals surface area contributed by atoms with Crippen molar-refractivity contribution in [3.8, 4) is 0 Å². The van der Waals surface area contributed by atoms with Gasteiger partial charge in [0.1, 0.15) is 5.82 Å². The number of likely N-dealkylation sites (N-methyl/N-ethyl adjacent to an activating group) is 1. The number of methoxy groups -OCH3 is 1. The van der Waals surface area contributed by atoms with Gasteiger partial charge in [0.25, 0.3) is 0 Å². The topological polar surface area (TPSA) is 21.3 Å². The van der Waals surface area contributed by atoms with Crippen molar-refractivity contribution in [3.05, 3.63) is 34.6 Å². The third-order valence-corrected chi connectivity index (χ3v) is 4.44. The predicted molar refractivity (Wildman–Crippen MR) is 82.9 cm³/mol. The molecule has 1 aromatic carbocycles. The maximum absolute atomic E-state index is 14.1. The first kappa shape index (κ1) is 17.4. The monoisotopic (exact) mass is 301 g/mol. The van der Waals surface area contributed by atoms with E-state index in [9.17, 15) is 4.39 Å². The Bertz CT molecular complexity index is 413. The molecule has 20 heavy (non-hydrogen) atoms. The van der Waals surface area contributed by atoms with E-state index in [1.807, 2.05) is 6.92 Å². The van der Waals surface area contributed by atoms with Gasteiger partial charge in [-0.3, -0.25) is 0 Å². The molecule has 0 aliphatic heterocycles. The summed E-state index contributed by atoms with van der Waals surface area (Å²) in [4.78, 5) is 0. The minimum absolute atomic E-state index is 0.0560. The van der Waals surface area contributed by atoms with Crippen LogP contribution in [0, 0.1) is 5.82 Å². The smallest absolute Gasteiger partial charge is 0.145 e. The average molecular weight is 302 g/mol. The van der Waals surface area contributed by atoms with Gasteiger partial charge in [0.2, 0.25) is 0 Å². The van der Waals surface area contributed by atoms with Gasteiger partial charge in [-0.2, -0.15) is 0 Å². The first-order valence-electron chi connectivity index (χ1n) is 7.26. The fraction of sp³-hybridized carbons (Fsp3) is 0.625. The van der Waals surface area contributed by atoms with Crippen LogP contribution in [0.15, 0.2) is 18.2 Å². The normalized spacial score (nSPS) is 13.5. The van der Waals surface area contributed by atoms with Gasteiger partial charge in [-0.25, -0.2) is 4.39 Å². The van der Waals surface area contributed by atoms with E-state index in [-0.39, 0.29) is 22.5 Å². The average Bonchev–Trinajstić information content (AvgIpc) is 2.46. The maximum Gasteiger partial charge on any atom is 0.145 e. The molecular formula is C16H25ClFNO. The SMILES string of the molecule is CCNC(Cc1cccc(Cl)c1F)C(CC)(CC)OC. The third kappa shape index (κ3) is 3.72. The number of ether oxygens (including phenoxy) is 1. The van der Waals surface area contributed by atoms with Crippen LogP contribution in [0.25, 0.3) is 0 Å². The number of hydrogen-bond acceptors (Lipinski definition) is 2. The second-order valence-corrected chi connectivity index (χ2v) is 5.41. The van der Waals surface area contributed by atoms with Crippen LogP contribution in [0.1, 0.15) is 39.2 Å². The Labute approximate surface area is 126 Å². The maximum atomic E-state index is 14.1. The van der Waals surface area contributed by atoms with E-state index in [1.165, 1.54) is 0 Å². The van der Waals surface area contributed by atoms with Crippen LogP contribution >= 0.6 is 11.6 Å². The molecule has 1 rings (SSSR count). The van der Waals surface area contributed by atoms with Crippen LogP contribution < -0.4 is 5.32 Å². The molecule has 114 valence electrons. The first-order valence-corrected chi connectivity index (χ1v) is 7.63. The number of benzene rings is 1. The second kappa shape index (κ2) is 7.96. The summed E-state index contributed by atoms with van der Waals surface area (Å²) in [6, 6.07) is 5.21. The lowest BCUT2D eigenvalue weighted by Gasteiger charge is -2.39. The van der Waals surface area contributed by atoms with Crippen molar-refractivity contribution in [1.29, 1.82) is 0 Å². The van der Waals surface area contributed by atoms with Crippen molar-refractivity contribution in [3.63, 3.8) is 0 Å². The van der Waals surface area contributed by atoms with Crippen LogP contribution in [0.5, 0.6) is 0 Å². The third-order valence-electron chi connectivity index (χ3n) is 4.14. The van der Waals surface area contributed by atoms with E-state index in [4.69, 9.17) is 16.3 Å². The highest BCUT2D eigenvalue weighted by molar-refractivity contribution is 6.30. The summed E-state index contributed by atoms with van der Waals surface area (Å²) < 4.78 is 19.9. The lowest BCUT2D eigenvalue weighted by atomic mass is 9.84. The van der Waals surface area contributed by atoms with Crippen LogP contribution in [-0.2, 0) is 11.2 Å². The molecule has 0 heterocycles. The van der Waals surface area contributed by atoms with E-state index in [1.54, 1.807) is 25.3 Å². The van der Waals surface area contributed by atoms with Crippen molar-refractivity contribution in [2.45, 2.75) is 51.7 Å². The Balaban J connectivity index is 3.05. The van der Waals surface area contributed by atoms with E-state index >= 15 is 0 Å². The molecular weight excluding hydrogens is 277 g/mol. The zero-order chi connectivity index (χ0) is 15.2. The minimum Gasteiger partial charge on any atom is -0.377 e. The number of hydrogen-bond donors (Lipinski definition) is 1. The first-order chi connectivity index (χ1) is 9.54. The second-order valence-electron chi connectivity index (χ2n) is 5.00. The fourth-order valence-corrected chi connectivity index (χ4v) is 2.98. The summed E-state index contributed by atoms with van der Waals surface area (Å²) >= 11 is 5.86. The number of rotatable bonds is 8. The quantitative estimate of drug-likeness (QED) is 0.777. The fourth-order valence-electron chi connectivity index (χ4n) is 2.79. The molecule has 0 bridgehead atoms. The van der Waals surface area contributed by atoms with Gasteiger partial charge < -0.3 is 10.1 Å². The van der Waals surface area contributed by atoms with Crippen molar-refractivity contribution < 1.29 is 9.13 Å². The summed E-state index contributed by atoms with van der Waals surface area (Å²) in [5.74, 6) is -0.325. The van der Waals surface area contributed by atoms with Crippen molar-refractivity contribution in [2.24, 2.45) is 0 Å². The van der Waals surface area contributed by atoms with Gasteiger partial charge in [0.05, 0.1) is 10.6 Å². The Morgan fingerprint density at radius 3 is 2.45 bits per heavy atom. The van der Waals surface area contributed by atoms with Crippen molar-refractivity contribution in [1.82, 2.24) is 5.32 Å². The highest BCUT2D eigenvalue weighted by Crippen LogP contribution is 2.28. The molecule has 1 aromatic rings. The van der Waals surface area contributed by atoms with Crippen LogP contribution in [0.2, 0.25) is 5.02 Å². The zero-order valence-electron chi connectivity index (χ0n) is 12.8. The zero-order valence-corrected chi connectivity index (χ0v) is 13.6. The van der Waals surface area contributed by atoms with Gasteiger partial charge >= 0.3 is 0 Å². The molecule has 4 heteroatoms. The molecule has 1 atom stereocenters. The molecule has 0 spiro atoms. The Kier molecular flexibility index (Phi) is 6.93. The molecule has 0 fully saturated rings. The lowest BCUT2D eigenvalue weighted by Crippen LogP contribution is -2.52. The van der Waals surface area contributed by atoms with E-state index in [0.29, 0.717) is 12.0 Å². The summed E-state index contributed by atoms with van der Waals surface area (Å²) in [7, 11) is 1.73. The Morgan fingerprint density at radius 2 is 1.95 bits per heavy atom. The van der Waals surface area contributed by atoms with E-state index in [0.717, 1.165) is 19.4 Å². The van der Waals surface area contributed by atoms with Gasteiger partial charge in [-0.1, -0.05) is 44.5 Å². The number of nitrogens with one attached hydrogen (secondary N) is 1. The minimum atomic E-state index is -0.325. The highest BCUT2D eigenvalue weighted by atomic mass is 35.5. The summed E-state index contributed by atoms with van der Waals surface area (Å²) in [6.45, 7) is 7.07. The summed E-state index contributed by atoms with van der Waals surface area (Å²) in [5.41, 5.74) is 0.344. The summed E-state index contributed by atoms with van der Waals surface area (Å²) in [5, 5.41) is 3.61. The van der Waals surface area contributed by atoms with Crippen LogP contribution in [0.4, 0.5) is 4.39 Å². The standard InChI is InChI=1S/C16H25ClFNO/c1-5-16(6-2,20-4)14(19-7-3)11-12-9-8-10-13(17)15(12)18/h8-10,14,19H,5-7,11H2,1-4H3. The van der Waals surface area contributed by atoms with Crippen LogP contribution in [-0.4, -0.2) is 25.3 Å². The van der Waals surface area contributed by atoms with Gasteiger partial charge in [0, 0.05) is 13.2 Å². The molecule has 0 aliphatic carbocycles. The molecule has 0 radical (unpaired) electrons. The molecule has 0 amide bonds. The summed E-state index contributed by atoms with van der Waals surface area (Å²) in [6.07, 6.45) is 2.31. The Morgan fingerprint density at radius 1 is 1.30 bits per heavy atom. The molecule has 2 nitrogen and oxygen atoms in total. The Hall–Kier alpha value is -0.640. The van der Waals surface area contributed by atoms with Gasteiger partial charge in [-0.15, -0.1) is 0 Å². The predicted octanol–water partition coefficient (Wildman–Crippen LogP) is 4.20. The van der Waals surface area contributed by atoms with E-state index in [2.05, 4.69) is 19.2 Å². The molecule has 0 aliphatic rings. The van der Waals surface area contributed by atoms with Crippen molar-refractivity contribution in [2.75, 3.05) is 13.7 Å². The molecule has 0 saturated heterocycles. The molecule has 1 N–H and O–H groups in total. The molecule has 1 unspecified atom stereocenters. The van der Waals surface area contributed by atoms with Crippen molar-refractivity contribution >= 4 is 11.6 Å². The highest BCUT2D eigenvalue weighted by Gasteiger charge is 2.35. The van der Waals surface area contributed by atoms with Gasteiger partial charge in [-0.05, 0) is 37.4 Å².